The van der Waals surface area contributed by atoms with E-state index in [2.05, 4.69) is 0 Å². The molecule has 9 heteroatoms. The van der Waals surface area contributed by atoms with Crippen LogP contribution >= 0.6 is 0 Å². The molecule has 1 atom stereocenters. The van der Waals surface area contributed by atoms with Crippen LogP contribution in [-0.4, -0.2) is 27.9 Å². The maximum atomic E-state index is 12.4. The Balaban J connectivity index is 3.38. The average molecular weight is 281 g/mol. The third kappa shape index (κ3) is 3.25. The molecular formula is C10H10F3NO5. The average Bonchev–Trinajstić information content (AvgIpc) is 2.29. The molecule has 0 heterocycles. The van der Waals surface area contributed by atoms with E-state index in [4.69, 9.17) is 9.84 Å². The number of nitro benzene ring substituents is 1. The minimum atomic E-state index is -4.98. The van der Waals surface area contributed by atoms with Crippen LogP contribution in [0.25, 0.3) is 0 Å². The second-order valence-electron chi connectivity index (χ2n) is 3.52. The highest BCUT2D eigenvalue weighted by Gasteiger charge is 2.40. The van der Waals surface area contributed by atoms with Crippen LogP contribution in [0.2, 0.25) is 0 Å². The van der Waals surface area contributed by atoms with Crippen LogP contribution in [0.5, 0.6) is 11.5 Å². The fourth-order valence-electron chi connectivity index (χ4n) is 1.37. The predicted octanol–water partition coefficient (Wildman–Crippen LogP) is 2.29. The number of hydrogen-bond donors (Lipinski definition) is 2. The van der Waals surface area contributed by atoms with Gasteiger partial charge in [0.05, 0.1) is 11.5 Å². The third-order valence-corrected chi connectivity index (χ3v) is 2.20. The fourth-order valence-corrected chi connectivity index (χ4v) is 1.37. The molecule has 0 bridgehead atoms. The maximum absolute atomic E-state index is 12.4. The molecule has 0 amide bonds. The number of nitro groups is 1. The number of alkyl halides is 3. The van der Waals surface area contributed by atoms with Crippen LogP contribution < -0.4 is 4.74 Å². The number of halogens is 3. The Morgan fingerprint density at radius 3 is 2.47 bits per heavy atom. The van der Waals surface area contributed by atoms with E-state index in [0.717, 1.165) is 0 Å². The number of phenolic OH excluding ortho intramolecular Hbond substituents is 1. The van der Waals surface area contributed by atoms with E-state index in [1.807, 2.05) is 0 Å². The minimum absolute atomic E-state index is 0.0176. The standard InChI is InChI=1S/C10H10F3NO5/c1-2-19-7-4-5(9(16)10(11,12)13)3-6(8(7)15)14(17)18/h3-4,9,15-16H,2H2,1H3. The van der Waals surface area contributed by atoms with Gasteiger partial charge in [0, 0.05) is 11.6 Å². The summed E-state index contributed by atoms with van der Waals surface area (Å²) in [5.41, 5.74) is -1.75. The molecule has 6 nitrogen and oxygen atoms in total. The normalized spacial score (nSPS) is 13.1. The van der Waals surface area contributed by atoms with Crippen LogP contribution in [0.3, 0.4) is 0 Å². The molecule has 1 unspecified atom stereocenters. The van der Waals surface area contributed by atoms with Gasteiger partial charge in [0.25, 0.3) is 0 Å². The highest BCUT2D eigenvalue weighted by Crippen LogP contribution is 2.42. The van der Waals surface area contributed by atoms with Crippen molar-refractivity contribution in [3.8, 4) is 11.5 Å². The Kier molecular flexibility index (Phi) is 4.20. The molecule has 0 saturated heterocycles. The number of aromatic hydroxyl groups is 1. The first-order valence-corrected chi connectivity index (χ1v) is 5.07. The summed E-state index contributed by atoms with van der Waals surface area (Å²) in [4.78, 5) is 9.56. The van der Waals surface area contributed by atoms with Crippen LogP contribution in [-0.2, 0) is 0 Å². The van der Waals surface area contributed by atoms with Gasteiger partial charge in [-0.05, 0) is 13.0 Å². The van der Waals surface area contributed by atoms with Gasteiger partial charge < -0.3 is 14.9 Å². The Hall–Kier alpha value is -2.03. The third-order valence-electron chi connectivity index (χ3n) is 2.20. The zero-order valence-electron chi connectivity index (χ0n) is 9.64. The minimum Gasteiger partial charge on any atom is -0.500 e. The van der Waals surface area contributed by atoms with Crippen molar-refractivity contribution in [2.24, 2.45) is 0 Å². The number of rotatable bonds is 4. The Labute approximate surface area is 105 Å². The van der Waals surface area contributed by atoms with Gasteiger partial charge in [-0.2, -0.15) is 13.2 Å². The van der Waals surface area contributed by atoms with E-state index < -0.39 is 40.0 Å². The largest absolute Gasteiger partial charge is 0.500 e. The van der Waals surface area contributed by atoms with Crippen molar-refractivity contribution in [1.29, 1.82) is 0 Å². The number of nitrogens with zero attached hydrogens (tertiary/aromatic N) is 1. The summed E-state index contributed by atoms with van der Waals surface area (Å²) in [6, 6.07) is 1.17. The summed E-state index contributed by atoms with van der Waals surface area (Å²) in [6.07, 6.45) is -7.88. The first kappa shape index (κ1) is 15.0. The van der Waals surface area contributed by atoms with Crippen molar-refractivity contribution in [3.05, 3.63) is 27.8 Å². The van der Waals surface area contributed by atoms with Crippen molar-refractivity contribution < 1.29 is 33.0 Å². The van der Waals surface area contributed by atoms with Gasteiger partial charge in [0.15, 0.2) is 11.9 Å². The lowest BCUT2D eigenvalue weighted by Gasteiger charge is -2.16. The highest BCUT2D eigenvalue weighted by atomic mass is 19.4. The molecular weight excluding hydrogens is 271 g/mol. The van der Waals surface area contributed by atoms with Crippen LogP contribution in [0.15, 0.2) is 12.1 Å². The van der Waals surface area contributed by atoms with E-state index in [-0.39, 0.29) is 6.61 Å². The monoisotopic (exact) mass is 281 g/mol. The molecule has 1 rings (SSSR count). The van der Waals surface area contributed by atoms with E-state index >= 15 is 0 Å². The first-order chi connectivity index (χ1) is 8.68. The quantitative estimate of drug-likeness (QED) is 0.652. The molecule has 1 aromatic rings. The van der Waals surface area contributed by atoms with E-state index in [1.165, 1.54) is 6.92 Å². The second kappa shape index (κ2) is 5.31. The zero-order chi connectivity index (χ0) is 14.8. The van der Waals surface area contributed by atoms with Crippen LogP contribution in [0.1, 0.15) is 18.6 Å². The Bertz CT molecular complexity index is 489. The second-order valence-corrected chi connectivity index (χ2v) is 3.52. The van der Waals surface area contributed by atoms with Gasteiger partial charge in [-0.3, -0.25) is 10.1 Å². The zero-order valence-corrected chi connectivity index (χ0v) is 9.64. The number of benzene rings is 1. The molecule has 0 saturated carbocycles. The molecule has 2 N–H and O–H groups in total. The van der Waals surface area contributed by atoms with Crippen molar-refractivity contribution in [2.45, 2.75) is 19.2 Å². The molecule has 0 aliphatic heterocycles. The van der Waals surface area contributed by atoms with Crippen molar-refractivity contribution >= 4 is 5.69 Å². The van der Waals surface area contributed by atoms with Gasteiger partial charge >= 0.3 is 11.9 Å². The highest BCUT2D eigenvalue weighted by molar-refractivity contribution is 5.57. The topological polar surface area (TPSA) is 92.8 Å². The molecule has 106 valence electrons. The van der Waals surface area contributed by atoms with E-state index in [1.54, 1.807) is 0 Å². The molecule has 0 aliphatic carbocycles. The van der Waals surface area contributed by atoms with Gasteiger partial charge in [0.2, 0.25) is 5.75 Å². The van der Waals surface area contributed by atoms with Gasteiger partial charge in [-0.25, -0.2) is 0 Å². The number of ether oxygens (including phenoxy) is 1. The Morgan fingerprint density at radius 1 is 1.47 bits per heavy atom. The summed E-state index contributed by atoms with van der Waals surface area (Å²) in [5, 5.41) is 29.2. The van der Waals surface area contributed by atoms with Crippen molar-refractivity contribution in [2.75, 3.05) is 6.61 Å². The SMILES string of the molecule is CCOc1cc(C(O)C(F)(F)F)cc([N+](=O)[O-])c1O. The van der Waals surface area contributed by atoms with Gasteiger partial charge in [-0.1, -0.05) is 0 Å². The lowest BCUT2D eigenvalue weighted by Crippen LogP contribution is -2.20. The maximum Gasteiger partial charge on any atom is 0.418 e. The van der Waals surface area contributed by atoms with Crippen molar-refractivity contribution in [1.82, 2.24) is 0 Å². The van der Waals surface area contributed by atoms with Crippen LogP contribution in [0, 0.1) is 10.1 Å². The lowest BCUT2D eigenvalue weighted by molar-refractivity contribution is -0.386. The van der Waals surface area contributed by atoms with Crippen molar-refractivity contribution in [3.63, 3.8) is 0 Å². The number of aliphatic hydroxyl groups excluding tert-OH is 1. The number of phenols is 1. The summed E-state index contributed by atoms with van der Waals surface area (Å²) in [7, 11) is 0. The number of hydrogen-bond acceptors (Lipinski definition) is 5. The summed E-state index contributed by atoms with van der Waals surface area (Å²) < 4.78 is 41.9. The van der Waals surface area contributed by atoms with Gasteiger partial charge in [-0.15, -0.1) is 0 Å². The molecule has 0 spiro atoms. The molecule has 1 aromatic carbocycles. The Morgan fingerprint density at radius 2 is 2.05 bits per heavy atom. The molecule has 19 heavy (non-hydrogen) atoms. The molecule has 0 aliphatic rings. The van der Waals surface area contributed by atoms with Crippen LogP contribution in [0.4, 0.5) is 18.9 Å². The fraction of sp³-hybridized carbons (Fsp3) is 0.400. The first-order valence-electron chi connectivity index (χ1n) is 5.07. The number of aliphatic hydroxyl groups is 1. The van der Waals surface area contributed by atoms with E-state index in [0.29, 0.717) is 12.1 Å². The summed E-state index contributed by atoms with van der Waals surface area (Å²) in [5.74, 6) is -1.38. The smallest absolute Gasteiger partial charge is 0.418 e. The molecule has 0 aromatic heterocycles. The summed E-state index contributed by atoms with van der Waals surface area (Å²) >= 11 is 0. The summed E-state index contributed by atoms with van der Waals surface area (Å²) in [6.45, 7) is 1.47. The lowest BCUT2D eigenvalue weighted by atomic mass is 10.1. The molecule has 0 radical (unpaired) electrons. The molecule has 0 fully saturated rings. The van der Waals surface area contributed by atoms with E-state index in [9.17, 15) is 28.4 Å². The predicted molar refractivity (Wildman–Crippen MR) is 56.9 cm³/mol. The van der Waals surface area contributed by atoms with Gasteiger partial charge in [0.1, 0.15) is 0 Å².